The molecular weight excluding hydrogens is 260 g/mol. The topological polar surface area (TPSA) is 62.2 Å². The first-order chi connectivity index (χ1) is 9.18. The van der Waals surface area contributed by atoms with Crippen LogP contribution in [0.15, 0.2) is 35.8 Å². The summed E-state index contributed by atoms with van der Waals surface area (Å²) in [5, 5.41) is 12.3. The van der Waals surface area contributed by atoms with E-state index in [0.29, 0.717) is 6.54 Å². The number of rotatable bonds is 6. The van der Waals surface area contributed by atoms with E-state index in [-0.39, 0.29) is 0 Å². The van der Waals surface area contributed by atoms with Gasteiger partial charge >= 0.3 is 5.97 Å². The fraction of sp³-hybridized carbons (Fsp3) is 0.286. The molecule has 1 atom stereocenters. The van der Waals surface area contributed by atoms with Crippen LogP contribution in [0.3, 0.4) is 0 Å². The summed E-state index contributed by atoms with van der Waals surface area (Å²) in [6.45, 7) is 2.59. The maximum atomic E-state index is 11.3. The second-order valence-electron chi connectivity index (χ2n) is 4.25. The molecule has 19 heavy (non-hydrogen) atoms. The van der Waals surface area contributed by atoms with Crippen LogP contribution in [0.25, 0.3) is 0 Å². The molecule has 0 spiro atoms. The van der Waals surface area contributed by atoms with Crippen LogP contribution in [0.5, 0.6) is 0 Å². The van der Waals surface area contributed by atoms with Crippen molar-refractivity contribution in [3.63, 3.8) is 0 Å². The van der Waals surface area contributed by atoms with Crippen molar-refractivity contribution in [1.29, 1.82) is 0 Å². The molecular formula is C14H16N2O2S. The highest BCUT2D eigenvalue weighted by Gasteiger charge is 2.18. The largest absolute Gasteiger partial charge is 0.480 e. The summed E-state index contributed by atoms with van der Waals surface area (Å²) < 4.78 is 0. The van der Waals surface area contributed by atoms with Crippen molar-refractivity contribution in [2.75, 3.05) is 6.54 Å². The number of nitrogens with zero attached hydrogens (tertiary/aromatic N) is 1. The smallest absolute Gasteiger partial charge is 0.325 e. The molecule has 1 aromatic carbocycles. The SMILES string of the molecule is Cc1ncsc1CCNC(C(=O)O)c1ccccc1. The lowest BCUT2D eigenvalue weighted by Crippen LogP contribution is -2.30. The quantitative estimate of drug-likeness (QED) is 0.850. The Morgan fingerprint density at radius 3 is 2.74 bits per heavy atom. The number of hydrogen-bond acceptors (Lipinski definition) is 4. The molecule has 0 radical (unpaired) electrons. The highest BCUT2D eigenvalue weighted by molar-refractivity contribution is 7.09. The van der Waals surface area contributed by atoms with Crippen molar-refractivity contribution in [3.8, 4) is 0 Å². The number of carboxylic acid groups (broad SMARTS) is 1. The fourth-order valence-corrected chi connectivity index (χ4v) is 2.67. The van der Waals surface area contributed by atoms with E-state index >= 15 is 0 Å². The Morgan fingerprint density at radius 1 is 1.42 bits per heavy atom. The summed E-state index contributed by atoms with van der Waals surface area (Å²) in [7, 11) is 0. The van der Waals surface area contributed by atoms with Crippen molar-refractivity contribution in [1.82, 2.24) is 10.3 Å². The van der Waals surface area contributed by atoms with Gasteiger partial charge in [0.2, 0.25) is 0 Å². The van der Waals surface area contributed by atoms with Gasteiger partial charge in [-0.1, -0.05) is 30.3 Å². The predicted molar refractivity (Wildman–Crippen MR) is 75.4 cm³/mol. The van der Waals surface area contributed by atoms with E-state index < -0.39 is 12.0 Å². The Morgan fingerprint density at radius 2 is 2.16 bits per heavy atom. The Bertz CT molecular complexity index is 539. The second kappa shape index (κ2) is 6.45. The monoisotopic (exact) mass is 276 g/mol. The van der Waals surface area contributed by atoms with Crippen molar-refractivity contribution < 1.29 is 9.90 Å². The molecule has 1 unspecified atom stereocenters. The van der Waals surface area contributed by atoms with E-state index in [2.05, 4.69) is 10.3 Å². The summed E-state index contributed by atoms with van der Waals surface area (Å²) in [4.78, 5) is 16.7. The van der Waals surface area contributed by atoms with Gasteiger partial charge in [0.05, 0.1) is 11.2 Å². The molecule has 2 aromatic rings. The maximum Gasteiger partial charge on any atom is 0.325 e. The van der Waals surface area contributed by atoms with Crippen LogP contribution in [-0.2, 0) is 11.2 Å². The first-order valence-corrected chi connectivity index (χ1v) is 6.96. The molecule has 0 aliphatic heterocycles. The molecule has 5 heteroatoms. The summed E-state index contributed by atoms with van der Waals surface area (Å²) >= 11 is 1.61. The summed E-state index contributed by atoms with van der Waals surface area (Å²) in [6.07, 6.45) is 0.799. The Balaban J connectivity index is 1.95. The zero-order valence-corrected chi connectivity index (χ0v) is 11.5. The van der Waals surface area contributed by atoms with Gasteiger partial charge in [0.15, 0.2) is 0 Å². The molecule has 0 aliphatic rings. The van der Waals surface area contributed by atoms with E-state index in [0.717, 1.165) is 17.7 Å². The number of aromatic nitrogens is 1. The lowest BCUT2D eigenvalue weighted by Gasteiger charge is -2.14. The molecule has 1 aromatic heterocycles. The van der Waals surface area contributed by atoms with Crippen molar-refractivity contribution in [3.05, 3.63) is 52.0 Å². The highest BCUT2D eigenvalue weighted by Crippen LogP contribution is 2.15. The van der Waals surface area contributed by atoms with Gasteiger partial charge in [-0.25, -0.2) is 4.98 Å². The first kappa shape index (κ1) is 13.7. The van der Waals surface area contributed by atoms with Crippen LogP contribution in [0.4, 0.5) is 0 Å². The van der Waals surface area contributed by atoms with E-state index in [4.69, 9.17) is 0 Å². The van der Waals surface area contributed by atoms with Crippen molar-refractivity contribution in [2.45, 2.75) is 19.4 Å². The van der Waals surface area contributed by atoms with Gasteiger partial charge in [-0.3, -0.25) is 4.79 Å². The molecule has 0 saturated heterocycles. The van der Waals surface area contributed by atoms with E-state index in [1.807, 2.05) is 42.8 Å². The zero-order valence-electron chi connectivity index (χ0n) is 10.7. The van der Waals surface area contributed by atoms with Gasteiger partial charge in [-0.2, -0.15) is 0 Å². The van der Waals surface area contributed by atoms with Crippen molar-refractivity contribution >= 4 is 17.3 Å². The minimum absolute atomic E-state index is 0.620. The molecule has 0 aliphatic carbocycles. The molecule has 100 valence electrons. The molecule has 0 fully saturated rings. The van der Waals surface area contributed by atoms with Crippen LogP contribution in [0, 0.1) is 6.92 Å². The number of aryl methyl sites for hydroxylation is 1. The molecule has 0 amide bonds. The number of aliphatic carboxylic acids is 1. The van der Waals surface area contributed by atoms with E-state index in [1.165, 1.54) is 4.88 Å². The van der Waals surface area contributed by atoms with Gasteiger partial charge in [0.25, 0.3) is 0 Å². The van der Waals surface area contributed by atoms with E-state index in [1.54, 1.807) is 11.3 Å². The number of hydrogen-bond donors (Lipinski definition) is 2. The minimum atomic E-state index is -0.854. The second-order valence-corrected chi connectivity index (χ2v) is 5.19. The maximum absolute atomic E-state index is 11.3. The lowest BCUT2D eigenvalue weighted by molar-refractivity contribution is -0.139. The molecule has 1 heterocycles. The predicted octanol–water partition coefficient (Wildman–Crippen LogP) is 2.41. The fourth-order valence-electron chi connectivity index (χ4n) is 1.89. The number of carbonyl (C=O) groups is 1. The molecule has 2 N–H and O–H groups in total. The molecule has 2 rings (SSSR count). The highest BCUT2D eigenvalue weighted by atomic mass is 32.1. The van der Waals surface area contributed by atoms with Crippen LogP contribution in [-0.4, -0.2) is 22.6 Å². The number of carboxylic acids is 1. The molecule has 4 nitrogen and oxygen atoms in total. The van der Waals surface area contributed by atoms with E-state index in [9.17, 15) is 9.90 Å². The van der Waals surface area contributed by atoms with Crippen LogP contribution >= 0.6 is 11.3 Å². The van der Waals surface area contributed by atoms with Crippen LogP contribution in [0.1, 0.15) is 22.2 Å². The molecule has 0 saturated carbocycles. The van der Waals surface area contributed by atoms with Gasteiger partial charge in [-0.15, -0.1) is 11.3 Å². The zero-order chi connectivity index (χ0) is 13.7. The Kier molecular flexibility index (Phi) is 4.65. The normalized spacial score (nSPS) is 12.3. The molecule has 0 bridgehead atoms. The Hall–Kier alpha value is -1.72. The van der Waals surface area contributed by atoms with Crippen LogP contribution < -0.4 is 5.32 Å². The third kappa shape index (κ3) is 3.62. The minimum Gasteiger partial charge on any atom is -0.480 e. The third-order valence-electron chi connectivity index (χ3n) is 2.93. The van der Waals surface area contributed by atoms with Gasteiger partial charge in [-0.05, 0) is 18.9 Å². The lowest BCUT2D eigenvalue weighted by atomic mass is 10.1. The summed E-state index contributed by atoms with van der Waals surface area (Å²) in [6, 6.07) is 8.56. The van der Waals surface area contributed by atoms with Crippen LogP contribution in [0.2, 0.25) is 0 Å². The average Bonchev–Trinajstić information content (AvgIpc) is 2.81. The van der Waals surface area contributed by atoms with Gasteiger partial charge in [0, 0.05) is 11.4 Å². The Labute approximate surface area is 116 Å². The number of nitrogens with one attached hydrogen (secondary N) is 1. The summed E-state index contributed by atoms with van der Waals surface area (Å²) in [5.74, 6) is -0.854. The summed E-state index contributed by atoms with van der Waals surface area (Å²) in [5.41, 5.74) is 3.62. The standard InChI is InChI=1S/C14H16N2O2S/c1-10-12(19-9-16-10)7-8-15-13(14(17)18)11-5-3-2-4-6-11/h2-6,9,13,15H,7-8H2,1H3,(H,17,18). The van der Waals surface area contributed by atoms with Gasteiger partial charge in [0.1, 0.15) is 6.04 Å². The van der Waals surface area contributed by atoms with Gasteiger partial charge < -0.3 is 10.4 Å². The number of benzene rings is 1. The average molecular weight is 276 g/mol. The first-order valence-electron chi connectivity index (χ1n) is 6.08. The van der Waals surface area contributed by atoms with Crippen molar-refractivity contribution in [2.24, 2.45) is 0 Å². The third-order valence-corrected chi connectivity index (χ3v) is 3.92. The number of thiazole rings is 1.